The molecule has 156 valence electrons. The lowest BCUT2D eigenvalue weighted by molar-refractivity contribution is -0.135. The number of halogens is 2. The maximum atomic E-state index is 13.9. The number of benzene rings is 2. The molecule has 1 aliphatic heterocycles. The highest BCUT2D eigenvalue weighted by molar-refractivity contribution is 7.90. The van der Waals surface area contributed by atoms with Crippen molar-refractivity contribution >= 4 is 27.3 Å². The van der Waals surface area contributed by atoms with Crippen LogP contribution in [0.25, 0.3) is 0 Å². The number of rotatable bonds is 6. The monoisotopic (exact) mass is 440 g/mol. The second-order valence-electron chi connectivity index (χ2n) is 6.89. The summed E-state index contributed by atoms with van der Waals surface area (Å²) >= 11 is 6.08. The van der Waals surface area contributed by atoms with Crippen LogP contribution in [-0.4, -0.2) is 63.2 Å². The van der Waals surface area contributed by atoms with Gasteiger partial charge in [-0.2, -0.15) is 0 Å². The van der Waals surface area contributed by atoms with Gasteiger partial charge < -0.3 is 9.64 Å². The number of nitrogens with zero attached hydrogens (tertiary/aromatic N) is 2. The average molecular weight is 441 g/mol. The first kappa shape index (κ1) is 21.5. The topological polar surface area (TPSA) is 66.9 Å². The summed E-state index contributed by atoms with van der Waals surface area (Å²) < 4.78 is 42.3. The highest BCUT2D eigenvalue weighted by atomic mass is 35.5. The number of carbonyl (C=O) groups excluding carboxylic acids is 1. The van der Waals surface area contributed by atoms with Gasteiger partial charge in [-0.25, -0.2) is 12.8 Å². The zero-order valence-corrected chi connectivity index (χ0v) is 17.5. The fourth-order valence-corrected chi connectivity index (χ4v) is 3.94. The molecule has 1 fully saturated rings. The molecule has 1 amide bonds. The van der Waals surface area contributed by atoms with Gasteiger partial charge in [0.25, 0.3) is 5.91 Å². The molecule has 0 N–H and O–H groups in total. The summed E-state index contributed by atoms with van der Waals surface area (Å²) in [5.74, 6) is -0.0503. The summed E-state index contributed by atoms with van der Waals surface area (Å²) in [6, 6.07) is 10.6. The van der Waals surface area contributed by atoms with E-state index in [4.69, 9.17) is 16.3 Å². The van der Waals surface area contributed by atoms with Crippen molar-refractivity contribution in [3.63, 3.8) is 0 Å². The predicted octanol–water partition coefficient (Wildman–Crippen LogP) is 2.61. The second-order valence-corrected chi connectivity index (χ2v) is 9.31. The number of hydrogen-bond donors (Lipinski definition) is 0. The number of carbonyl (C=O) groups is 1. The molecule has 0 aromatic heterocycles. The van der Waals surface area contributed by atoms with Crippen molar-refractivity contribution in [2.24, 2.45) is 0 Å². The fraction of sp³-hybridized carbons (Fsp3) is 0.350. The van der Waals surface area contributed by atoms with E-state index in [1.807, 2.05) is 0 Å². The Labute approximate surface area is 174 Å². The molecule has 0 spiro atoms. The van der Waals surface area contributed by atoms with E-state index in [2.05, 4.69) is 4.90 Å². The van der Waals surface area contributed by atoms with Crippen molar-refractivity contribution < 1.29 is 22.3 Å². The molecule has 2 aromatic carbocycles. The SMILES string of the molecule is CS(=O)(=O)c1ccc(OCC(=O)N2CCN(Cc3c(F)cccc3Cl)CC2)cc1. The third-order valence-corrected chi connectivity index (χ3v) is 6.27. The Balaban J connectivity index is 1.47. The molecule has 0 radical (unpaired) electrons. The summed E-state index contributed by atoms with van der Waals surface area (Å²) in [5, 5.41) is 0.402. The van der Waals surface area contributed by atoms with Crippen LogP contribution in [0.1, 0.15) is 5.56 Å². The molecule has 0 bridgehead atoms. The van der Waals surface area contributed by atoms with Crippen molar-refractivity contribution in [1.29, 1.82) is 0 Å². The molecule has 0 saturated carbocycles. The second kappa shape index (κ2) is 9.11. The van der Waals surface area contributed by atoms with Gasteiger partial charge in [0, 0.05) is 49.6 Å². The summed E-state index contributed by atoms with van der Waals surface area (Å²) in [6.45, 7) is 2.52. The van der Waals surface area contributed by atoms with E-state index < -0.39 is 9.84 Å². The lowest BCUT2D eigenvalue weighted by Gasteiger charge is -2.34. The van der Waals surface area contributed by atoms with Crippen LogP contribution in [0, 0.1) is 5.82 Å². The first-order valence-electron chi connectivity index (χ1n) is 9.10. The molecule has 29 heavy (non-hydrogen) atoms. The lowest BCUT2D eigenvalue weighted by Crippen LogP contribution is -2.49. The van der Waals surface area contributed by atoms with E-state index in [-0.39, 0.29) is 23.2 Å². The van der Waals surface area contributed by atoms with E-state index in [0.717, 1.165) is 6.26 Å². The van der Waals surface area contributed by atoms with Crippen LogP contribution < -0.4 is 4.74 Å². The predicted molar refractivity (Wildman–Crippen MR) is 108 cm³/mol. The molecule has 2 aromatic rings. The van der Waals surface area contributed by atoms with Gasteiger partial charge in [0.05, 0.1) is 4.90 Å². The Hall–Kier alpha value is -2.16. The quantitative estimate of drug-likeness (QED) is 0.690. The highest BCUT2D eigenvalue weighted by Gasteiger charge is 2.22. The summed E-state index contributed by atoms with van der Waals surface area (Å²) in [5.41, 5.74) is 0.467. The van der Waals surface area contributed by atoms with Crippen molar-refractivity contribution in [1.82, 2.24) is 9.80 Å². The van der Waals surface area contributed by atoms with Crippen LogP contribution in [-0.2, 0) is 21.2 Å². The molecule has 0 atom stereocenters. The molecule has 6 nitrogen and oxygen atoms in total. The van der Waals surface area contributed by atoms with E-state index in [1.54, 1.807) is 17.0 Å². The fourth-order valence-electron chi connectivity index (χ4n) is 3.08. The van der Waals surface area contributed by atoms with Crippen LogP contribution in [0.5, 0.6) is 5.75 Å². The number of piperazine rings is 1. The molecule has 1 aliphatic rings. The van der Waals surface area contributed by atoms with Gasteiger partial charge >= 0.3 is 0 Å². The van der Waals surface area contributed by atoms with E-state index >= 15 is 0 Å². The average Bonchev–Trinajstić information content (AvgIpc) is 2.69. The van der Waals surface area contributed by atoms with E-state index in [9.17, 15) is 17.6 Å². The van der Waals surface area contributed by atoms with E-state index in [0.29, 0.717) is 49.1 Å². The molecule has 1 heterocycles. The number of sulfone groups is 1. The summed E-state index contributed by atoms with van der Waals surface area (Å²) in [6.07, 6.45) is 1.13. The van der Waals surface area contributed by atoms with Crippen molar-refractivity contribution in [3.05, 3.63) is 58.9 Å². The number of amides is 1. The molecule has 0 aliphatic carbocycles. The molecular formula is C20H22ClFN2O4S. The van der Waals surface area contributed by atoms with Crippen molar-refractivity contribution in [2.45, 2.75) is 11.4 Å². The lowest BCUT2D eigenvalue weighted by atomic mass is 10.2. The minimum absolute atomic E-state index is 0.128. The third kappa shape index (κ3) is 5.68. The van der Waals surface area contributed by atoms with Crippen LogP contribution in [0.2, 0.25) is 5.02 Å². The Bertz CT molecular complexity index is 954. The Morgan fingerprint density at radius 2 is 1.76 bits per heavy atom. The number of ether oxygens (including phenoxy) is 1. The maximum Gasteiger partial charge on any atom is 0.260 e. The summed E-state index contributed by atoms with van der Waals surface area (Å²) in [4.78, 5) is 16.3. The largest absolute Gasteiger partial charge is 0.484 e. The molecule has 0 unspecified atom stereocenters. The van der Waals surface area contributed by atoms with Gasteiger partial charge in [-0.3, -0.25) is 9.69 Å². The van der Waals surface area contributed by atoms with Gasteiger partial charge in [0.2, 0.25) is 0 Å². The normalized spacial score (nSPS) is 15.3. The Morgan fingerprint density at radius 3 is 2.34 bits per heavy atom. The van der Waals surface area contributed by atoms with Crippen LogP contribution in [0.4, 0.5) is 4.39 Å². The standard InChI is InChI=1S/C20H22ClFN2O4S/c1-29(26,27)16-7-5-15(6-8-16)28-14-20(25)24-11-9-23(10-12-24)13-17-18(21)3-2-4-19(17)22/h2-8H,9-14H2,1H3. The van der Waals surface area contributed by atoms with E-state index in [1.165, 1.54) is 30.3 Å². The first-order valence-corrected chi connectivity index (χ1v) is 11.4. The van der Waals surface area contributed by atoms with Crippen molar-refractivity contribution in [3.8, 4) is 5.75 Å². The molecular weight excluding hydrogens is 419 g/mol. The van der Waals surface area contributed by atoms with Crippen LogP contribution in [0.3, 0.4) is 0 Å². The first-order chi connectivity index (χ1) is 13.7. The zero-order chi connectivity index (χ0) is 21.0. The Morgan fingerprint density at radius 1 is 1.10 bits per heavy atom. The number of hydrogen-bond acceptors (Lipinski definition) is 5. The zero-order valence-electron chi connectivity index (χ0n) is 16.0. The minimum atomic E-state index is -3.27. The van der Waals surface area contributed by atoms with Crippen LogP contribution >= 0.6 is 11.6 Å². The summed E-state index contributed by atoms with van der Waals surface area (Å²) in [7, 11) is -3.27. The van der Waals surface area contributed by atoms with Gasteiger partial charge in [0.15, 0.2) is 16.4 Å². The minimum Gasteiger partial charge on any atom is -0.484 e. The Kier molecular flexibility index (Phi) is 6.77. The molecule has 9 heteroatoms. The van der Waals surface area contributed by atoms with Gasteiger partial charge in [0.1, 0.15) is 11.6 Å². The third-order valence-electron chi connectivity index (χ3n) is 4.78. The van der Waals surface area contributed by atoms with Gasteiger partial charge in [-0.1, -0.05) is 17.7 Å². The van der Waals surface area contributed by atoms with Gasteiger partial charge in [-0.05, 0) is 36.4 Å². The molecule has 1 saturated heterocycles. The smallest absolute Gasteiger partial charge is 0.260 e. The van der Waals surface area contributed by atoms with Gasteiger partial charge in [-0.15, -0.1) is 0 Å². The molecule has 3 rings (SSSR count). The van der Waals surface area contributed by atoms with Crippen molar-refractivity contribution in [2.75, 3.05) is 39.0 Å². The van der Waals surface area contributed by atoms with Crippen LogP contribution in [0.15, 0.2) is 47.4 Å². The highest BCUT2D eigenvalue weighted by Crippen LogP contribution is 2.21. The maximum absolute atomic E-state index is 13.9.